The zero-order chi connectivity index (χ0) is 25.1. The Labute approximate surface area is 212 Å². The Morgan fingerprint density at radius 2 is 0.917 bits per heavy atom. The molecule has 0 saturated heterocycles. The number of fused-ring (bicyclic) bond motifs is 2. The first-order chi connectivity index (χ1) is 17.6. The maximum absolute atomic E-state index is 13.7. The van der Waals surface area contributed by atoms with E-state index in [1.165, 1.54) is 11.1 Å². The van der Waals surface area contributed by atoms with Crippen molar-refractivity contribution in [2.45, 2.75) is 39.5 Å². The third-order valence-electron chi connectivity index (χ3n) is 6.62. The van der Waals surface area contributed by atoms with Crippen LogP contribution in [0.3, 0.4) is 0 Å². The van der Waals surface area contributed by atoms with Gasteiger partial charge in [-0.15, -0.1) is 0 Å². The first kappa shape index (κ1) is 23.6. The Hall–Kier alpha value is -4.18. The summed E-state index contributed by atoms with van der Waals surface area (Å²) in [4.78, 5) is 27.4. The van der Waals surface area contributed by atoms with Crippen molar-refractivity contribution in [1.82, 2.24) is 0 Å². The van der Waals surface area contributed by atoms with Gasteiger partial charge >= 0.3 is 0 Å². The summed E-state index contributed by atoms with van der Waals surface area (Å²) in [5.41, 5.74) is 7.26. The highest BCUT2D eigenvalue weighted by atomic mass is 16.1. The molecule has 0 aromatic heterocycles. The van der Waals surface area contributed by atoms with Gasteiger partial charge in [0, 0.05) is 22.5 Å². The second-order valence-electron chi connectivity index (χ2n) is 9.26. The molecule has 4 heteroatoms. The second kappa shape index (κ2) is 10.2. The molecular formula is C32H30N2O2. The molecule has 1 aliphatic carbocycles. The minimum absolute atomic E-state index is 0.146. The number of rotatable bonds is 8. The van der Waals surface area contributed by atoms with Gasteiger partial charge in [-0.05, 0) is 60.4 Å². The average Bonchev–Trinajstić information content (AvgIpc) is 2.90. The van der Waals surface area contributed by atoms with E-state index in [-0.39, 0.29) is 11.6 Å². The second-order valence-corrected chi connectivity index (χ2v) is 9.26. The monoisotopic (exact) mass is 474 g/mol. The van der Waals surface area contributed by atoms with Crippen LogP contribution in [0.2, 0.25) is 0 Å². The van der Waals surface area contributed by atoms with E-state index < -0.39 is 0 Å². The fourth-order valence-corrected chi connectivity index (χ4v) is 4.83. The number of aryl methyl sites for hydroxylation is 2. The molecule has 4 aromatic rings. The van der Waals surface area contributed by atoms with Gasteiger partial charge in [0.05, 0.1) is 22.5 Å². The number of hydrogen-bond donors (Lipinski definition) is 2. The molecule has 1 aliphatic rings. The molecular weight excluding hydrogens is 444 g/mol. The highest BCUT2D eigenvalue weighted by Gasteiger charge is 2.34. The molecule has 180 valence electrons. The van der Waals surface area contributed by atoms with E-state index in [1.807, 2.05) is 36.4 Å². The predicted octanol–water partition coefficient (Wildman–Crippen LogP) is 7.85. The number of ketones is 2. The van der Waals surface area contributed by atoms with Gasteiger partial charge in [-0.2, -0.15) is 0 Å². The molecule has 0 atom stereocenters. The summed E-state index contributed by atoms with van der Waals surface area (Å²) < 4.78 is 0. The Morgan fingerprint density at radius 3 is 1.28 bits per heavy atom. The largest absolute Gasteiger partial charge is 0.355 e. The van der Waals surface area contributed by atoms with Crippen LogP contribution in [-0.2, 0) is 12.8 Å². The van der Waals surface area contributed by atoms with Gasteiger partial charge in [-0.25, -0.2) is 0 Å². The Balaban J connectivity index is 1.56. The third kappa shape index (κ3) is 4.55. The van der Waals surface area contributed by atoms with E-state index in [4.69, 9.17) is 0 Å². The van der Waals surface area contributed by atoms with Gasteiger partial charge in [0.25, 0.3) is 0 Å². The zero-order valence-electron chi connectivity index (χ0n) is 20.7. The summed E-state index contributed by atoms with van der Waals surface area (Å²) in [6.45, 7) is 4.32. The van der Waals surface area contributed by atoms with Crippen LogP contribution >= 0.6 is 0 Å². The predicted molar refractivity (Wildman–Crippen MR) is 147 cm³/mol. The van der Waals surface area contributed by atoms with Crippen molar-refractivity contribution < 1.29 is 9.59 Å². The highest BCUT2D eigenvalue weighted by molar-refractivity contribution is 6.32. The number of carbonyl (C=O) groups is 2. The molecule has 0 unspecified atom stereocenters. The van der Waals surface area contributed by atoms with E-state index in [0.717, 1.165) is 37.1 Å². The summed E-state index contributed by atoms with van der Waals surface area (Å²) in [5.74, 6) is -0.292. The molecule has 4 nitrogen and oxygen atoms in total. The van der Waals surface area contributed by atoms with Gasteiger partial charge in [0.2, 0.25) is 0 Å². The molecule has 0 saturated carbocycles. The van der Waals surface area contributed by atoms with Crippen molar-refractivity contribution in [3.8, 4) is 0 Å². The standard InChI is InChI=1S/C32H30N2O2/c1-3-7-21-11-15-23(16-12-21)33-27-19-20-28(34-24-17-13-22(8-4-2)14-18-24)30-29(27)31(35)25-9-5-6-10-26(25)32(30)36/h5-6,9-20,33-34H,3-4,7-8H2,1-2H3. The topological polar surface area (TPSA) is 58.2 Å². The van der Waals surface area contributed by atoms with Crippen LogP contribution < -0.4 is 10.6 Å². The smallest absolute Gasteiger partial charge is 0.196 e. The van der Waals surface area contributed by atoms with Crippen LogP contribution in [-0.4, -0.2) is 11.6 Å². The van der Waals surface area contributed by atoms with E-state index in [0.29, 0.717) is 33.6 Å². The number of benzene rings is 4. The molecule has 0 heterocycles. The fraction of sp³-hybridized carbons (Fsp3) is 0.188. The number of carbonyl (C=O) groups excluding carboxylic acids is 2. The lowest BCUT2D eigenvalue weighted by atomic mass is 9.82. The quantitative estimate of drug-likeness (QED) is 0.240. The van der Waals surface area contributed by atoms with Crippen molar-refractivity contribution >= 4 is 34.3 Å². The minimum Gasteiger partial charge on any atom is -0.355 e. The molecule has 0 fully saturated rings. The van der Waals surface area contributed by atoms with E-state index in [9.17, 15) is 9.59 Å². The maximum Gasteiger partial charge on any atom is 0.196 e. The van der Waals surface area contributed by atoms with Crippen LogP contribution in [0, 0.1) is 0 Å². The van der Waals surface area contributed by atoms with Crippen LogP contribution in [0.5, 0.6) is 0 Å². The van der Waals surface area contributed by atoms with Gasteiger partial charge in [-0.3, -0.25) is 9.59 Å². The Kier molecular flexibility index (Phi) is 6.68. The van der Waals surface area contributed by atoms with Crippen molar-refractivity contribution in [3.05, 3.63) is 118 Å². The summed E-state index contributed by atoms with van der Waals surface area (Å²) in [5, 5.41) is 6.79. The van der Waals surface area contributed by atoms with E-state index in [1.54, 1.807) is 24.3 Å². The zero-order valence-corrected chi connectivity index (χ0v) is 20.7. The third-order valence-corrected chi connectivity index (χ3v) is 6.62. The lowest BCUT2D eigenvalue weighted by Gasteiger charge is -2.24. The lowest BCUT2D eigenvalue weighted by Crippen LogP contribution is -2.23. The average molecular weight is 475 g/mol. The first-order valence-corrected chi connectivity index (χ1v) is 12.7. The lowest BCUT2D eigenvalue weighted by molar-refractivity contribution is 0.0980. The molecule has 0 radical (unpaired) electrons. The molecule has 5 rings (SSSR count). The molecule has 0 bridgehead atoms. The SMILES string of the molecule is CCCc1ccc(Nc2ccc(Nc3ccc(CCC)cc3)c3c2C(=O)c2ccccc2C3=O)cc1. The van der Waals surface area contributed by atoms with Crippen molar-refractivity contribution in [3.63, 3.8) is 0 Å². The van der Waals surface area contributed by atoms with Gasteiger partial charge < -0.3 is 10.6 Å². The van der Waals surface area contributed by atoms with Gasteiger partial charge in [0.15, 0.2) is 11.6 Å². The molecule has 36 heavy (non-hydrogen) atoms. The Bertz CT molecular complexity index is 1310. The summed E-state index contributed by atoms with van der Waals surface area (Å²) in [7, 11) is 0. The fourth-order valence-electron chi connectivity index (χ4n) is 4.83. The molecule has 0 spiro atoms. The van der Waals surface area contributed by atoms with Crippen LogP contribution in [0.4, 0.5) is 22.7 Å². The van der Waals surface area contributed by atoms with Crippen molar-refractivity contribution in [2.24, 2.45) is 0 Å². The van der Waals surface area contributed by atoms with Crippen LogP contribution in [0.25, 0.3) is 0 Å². The minimum atomic E-state index is -0.146. The highest BCUT2D eigenvalue weighted by Crippen LogP contribution is 2.38. The van der Waals surface area contributed by atoms with E-state index in [2.05, 4.69) is 48.7 Å². The van der Waals surface area contributed by atoms with Crippen molar-refractivity contribution in [2.75, 3.05) is 10.6 Å². The summed E-state index contributed by atoms with van der Waals surface area (Å²) in [6, 6.07) is 27.3. The molecule has 0 aliphatic heterocycles. The molecule has 4 aromatic carbocycles. The van der Waals surface area contributed by atoms with E-state index >= 15 is 0 Å². The van der Waals surface area contributed by atoms with Crippen molar-refractivity contribution in [1.29, 1.82) is 0 Å². The molecule has 2 N–H and O–H groups in total. The Morgan fingerprint density at radius 1 is 0.528 bits per heavy atom. The number of anilines is 4. The summed E-state index contributed by atoms with van der Waals surface area (Å²) in [6.07, 6.45) is 4.23. The normalized spacial score (nSPS) is 12.2. The summed E-state index contributed by atoms with van der Waals surface area (Å²) >= 11 is 0. The first-order valence-electron chi connectivity index (χ1n) is 12.7. The van der Waals surface area contributed by atoms with Crippen LogP contribution in [0.15, 0.2) is 84.9 Å². The van der Waals surface area contributed by atoms with Crippen LogP contribution in [0.1, 0.15) is 69.7 Å². The number of hydrogen-bond acceptors (Lipinski definition) is 4. The van der Waals surface area contributed by atoms with Gasteiger partial charge in [-0.1, -0.05) is 75.2 Å². The maximum atomic E-state index is 13.7. The van der Waals surface area contributed by atoms with Gasteiger partial charge in [0.1, 0.15) is 0 Å². The number of nitrogens with one attached hydrogen (secondary N) is 2. The molecule has 0 amide bonds.